The fourth-order valence-corrected chi connectivity index (χ4v) is 3.69. The predicted octanol–water partition coefficient (Wildman–Crippen LogP) is 1.56. The van der Waals surface area contributed by atoms with Crippen LogP contribution in [-0.4, -0.2) is 48.8 Å². The normalized spacial score (nSPS) is 13.1. The summed E-state index contributed by atoms with van der Waals surface area (Å²) in [6, 6.07) is 4.47. The summed E-state index contributed by atoms with van der Waals surface area (Å²) in [6.07, 6.45) is 0. The van der Waals surface area contributed by atoms with Gasteiger partial charge in [0.25, 0.3) is 5.91 Å². The highest BCUT2D eigenvalue weighted by Crippen LogP contribution is 2.16. The largest absolute Gasteiger partial charge is 0.480 e. The third-order valence-corrected chi connectivity index (χ3v) is 5.74. The summed E-state index contributed by atoms with van der Waals surface area (Å²) in [5.74, 6) is -1.93. The molecule has 8 heteroatoms. The number of aliphatic carboxylic acids is 1. The van der Waals surface area contributed by atoms with Crippen molar-refractivity contribution in [3.05, 3.63) is 29.8 Å². The van der Waals surface area contributed by atoms with Crippen LogP contribution in [0.4, 0.5) is 0 Å². The van der Waals surface area contributed by atoms with Gasteiger partial charge in [-0.1, -0.05) is 27.7 Å². The number of hydrogen-bond acceptors (Lipinski definition) is 4. The van der Waals surface area contributed by atoms with Crippen molar-refractivity contribution in [1.29, 1.82) is 0 Å². The summed E-state index contributed by atoms with van der Waals surface area (Å²) in [5.41, 5.74) is 0.209. The minimum Gasteiger partial charge on any atom is -0.480 e. The number of benzene rings is 1. The van der Waals surface area contributed by atoms with Gasteiger partial charge in [-0.15, -0.1) is 0 Å². The van der Waals surface area contributed by atoms with Gasteiger partial charge in [0.15, 0.2) is 0 Å². The Kier molecular flexibility index (Phi) is 6.92. The van der Waals surface area contributed by atoms with Crippen molar-refractivity contribution in [2.75, 3.05) is 13.1 Å². The van der Waals surface area contributed by atoms with Gasteiger partial charge in [-0.3, -0.25) is 4.79 Å². The van der Waals surface area contributed by atoms with Gasteiger partial charge in [0.2, 0.25) is 10.0 Å². The summed E-state index contributed by atoms with van der Waals surface area (Å²) in [4.78, 5) is 23.4. The molecule has 0 aromatic heterocycles. The molecular weight excluding hydrogens is 332 g/mol. The van der Waals surface area contributed by atoms with Crippen LogP contribution in [-0.2, 0) is 14.8 Å². The van der Waals surface area contributed by atoms with E-state index in [9.17, 15) is 18.0 Å². The van der Waals surface area contributed by atoms with Crippen LogP contribution in [0.1, 0.15) is 38.1 Å². The quantitative estimate of drug-likeness (QED) is 0.735. The van der Waals surface area contributed by atoms with Gasteiger partial charge in [-0.2, -0.15) is 4.31 Å². The first-order chi connectivity index (χ1) is 11.1. The van der Waals surface area contributed by atoms with E-state index in [1.54, 1.807) is 27.7 Å². The second-order valence-electron chi connectivity index (χ2n) is 5.65. The molecule has 0 unspecified atom stereocenters. The van der Waals surface area contributed by atoms with Crippen molar-refractivity contribution in [3.63, 3.8) is 0 Å². The van der Waals surface area contributed by atoms with E-state index in [0.717, 1.165) is 0 Å². The molecule has 1 amide bonds. The fourth-order valence-electron chi connectivity index (χ4n) is 2.23. The predicted molar refractivity (Wildman–Crippen MR) is 90.3 cm³/mol. The first-order valence-corrected chi connectivity index (χ1v) is 9.23. The Morgan fingerprint density at radius 2 is 1.62 bits per heavy atom. The maximum absolute atomic E-state index is 12.4. The number of amides is 1. The van der Waals surface area contributed by atoms with Crippen LogP contribution in [0.5, 0.6) is 0 Å². The number of carboxylic acid groups (broad SMARTS) is 1. The molecule has 0 fully saturated rings. The molecule has 24 heavy (non-hydrogen) atoms. The highest BCUT2D eigenvalue weighted by molar-refractivity contribution is 7.89. The lowest BCUT2D eigenvalue weighted by Crippen LogP contribution is -2.44. The third-order valence-electron chi connectivity index (χ3n) is 3.68. The molecule has 0 radical (unpaired) electrons. The van der Waals surface area contributed by atoms with Gasteiger partial charge in [0, 0.05) is 18.7 Å². The second-order valence-corrected chi connectivity index (χ2v) is 7.59. The molecule has 7 nitrogen and oxygen atoms in total. The Labute approximate surface area is 142 Å². The van der Waals surface area contributed by atoms with Crippen molar-refractivity contribution in [1.82, 2.24) is 9.62 Å². The molecule has 1 aromatic rings. The molecule has 0 bridgehead atoms. The van der Waals surface area contributed by atoms with Gasteiger partial charge in [0.1, 0.15) is 6.04 Å². The summed E-state index contributed by atoms with van der Waals surface area (Å²) >= 11 is 0. The second kappa shape index (κ2) is 8.25. The Hall–Kier alpha value is -1.93. The van der Waals surface area contributed by atoms with E-state index in [-0.39, 0.29) is 16.4 Å². The number of carbonyl (C=O) groups is 2. The first-order valence-electron chi connectivity index (χ1n) is 7.79. The van der Waals surface area contributed by atoms with E-state index in [1.807, 2.05) is 0 Å². The number of sulfonamides is 1. The third kappa shape index (κ3) is 4.55. The molecule has 0 aliphatic carbocycles. The zero-order valence-electron chi connectivity index (χ0n) is 14.3. The molecule has 0 saturated heterocycles. The SMILES string of the molecule is CCN(CC)S(=O)(=O)c1ccc(C(=O)N[C@H](C(=O)O)C(C)C)cc1. The van der Waals surface area contributed by atoms with E-state index in [1.165, 1.54) is 28.6 Å². The minimum atomic E-state index is -3.59. The van der Waals surface area contributed by atoms with E-state index in [0.29, 0.717) is 13.1 Å². The van der Waals surface area contributed by atoms with Crippen LogP contribution in [0.15, 0.2) is 29.2 Å². The number of rotatable bonds is 8. The highest BCUT2D eigenvalue weighted by atomic mass is 32.2. The summed E-state index contributed by atoms with van der Waals surface area (Å²) in [6.45, 7) is 7.60. The van der Waals surface area contributed by atoms with Crippen LogP contribution < -0.4 is 5.32 Å². The smallest absolute Gasteiger partial charge is 0.326 e. The van der Waals surface area contributed by atoms with Crippen molar-refractivity contribution in [2.45, 2.75) is 38.6 Å². The zero-order chi connectivity index (χ0) is 18.5. The van der Waals surface area contributed by atoms with Gasteiger partial charge in [0.05, 0.1) is 4.90 Å². The monoisotopic (exact) mass is 356 g/mol. The fraction of sp³-hybridized carbons (Fsp3) is 0.500. The molecule has 0 aliphatic heterocycles. The van der Waals surface area contributed by atoms with Gasteiger partial charge in [-0.05, 0) is 30.2 Å². The minimum absolute atomic E-state index is 0.0985. The Balaban J connectivity index is 2.99. The van der Waals surface area contributed by atoms with Crippen LogP contribution in [0, 0.1) is 5.92 Å². The first kappa shape index (κ1) is 20.1. The number of carboxylic acids is 1. The maximum Gasteiger partial charge on any atom is 0.326 e. The van der Waals surface area contributed by atoms with E-state index in [4.69, 9.17) is 5.11 Å². The van der Waals surface area contributed by atoms with Crippen LogP contribution in [0.3, 0.4) is 0 Å². The van der Waals surface area contributed by atoms with Crippen molar-refractivity contribution >= 4 is 21.9 Å². The maximum atomic E-state index is 12.4. The molecule has 1 rings (SSSR count). The van der Waals surface area contributed by atoms with Gasteiger partial charge < -0.3 is 10.4 Å². The zero-order valence-corrected chi connectivity index (χ0v) is 15.1. The lowest BCUT2D eigenvalue weighted by atomic mass is 10.0. The topological polar surface area (TPSA) is 104 Å². The van der Waals surface area contributed by atoms with Crippen LogP contribution in [0.2, 0.25) is 0 Å². The Morgan fingerprint density at radius 3 is 2.00 bits per heavy atom. The molecule has 134 valence electrons. The lowest BCUT2D eigenvalue weighted by Gasteiger charge is -2.19. The van der Waals surface area contributed by atoms with E-state index in [2.05, 4.69) is 5.32 Å². The van der Waals surface area contributed by atoms with Crippen LogP contribution in [0.25, 0.3) is 0 Å². The molecule has 1 aromatic carbocycles. The molecule has 2 N–H and O–H groups in total. The van der Waals surface area contributed by atoms with Gasteiger partial charge in [-0.25, -0.2) is 13.2 Å². The van der Waals surface area contributed by atoms with Crippen molar-refractivity contribution in [3.8, 4) is 0 Å². The molecule has 0 heterocycles. The molecule has 1 atom stereocenters. The summed E-state index contributed by atoms with van der Waals surface area (Å²) < 4.78 is 26.1. The number of hydrogen-bond donors (Lipinski definition) is 2. The summed E-state index contributed by atoms with van der Waals surface area (Å²) in [7, 11) is -3.59. The van der Waals surface area contributed by atoms with Crippen LogP contribution >= 0.6 is 0 Å². The van der Waals surface area contributed by atoms with Crippen molar-refractivity contribution in [2.24, 2.45) is 5.92 Å². The number of nitrogens with one attached hydrogen (secondary N) is 1. The average Bonchev–Trinajstić information content (AvgIpc) is 2.52. The lowest BCUT2D eigenvalue weighted by molar-refractivity contribution is -0.140. The molecule has 0 aliphatic rings. The molecule has 0 spiro atoms. The Morgan fingerprint density at radius 1 is 1.12 bits per heavy atom. The Bertz CT molecular complexity index is 679. The standard InChI is InChI=1S/C16H24N2O5S/c1-5-18(6-2)24(22,23)13-9-7-12(8-10-13)15(19)17-14(11(3)4)16(20)21/h7-11,14H,5-6H2,1-4H3,(H,17,19)(H,20,21)/t14-/m0/s1. The average molecular weight is 356 g/mol. The number of nitrogens with zero attached hydrogens (tertiary/aromatic N) is 1. The highest BCUT2D eigenvalue weighted by Gasteiger charge is 2.25. The van der Waals surface area contributed by atoms with E-state index >= 15 is 0 Å². The molecule has 0 saturated carbocycles. The van der Waals surface area contributed by atoms with E-state index < -0.39 is 27.9 Å². The summed E-state index contributed by atoms with van der Waals surface area (Å²) in [5, 5.41) is 11.5. The van der Waals surface area contributed by atoms with Gasteiger partial charge >= 0.3 is 5.97 Å². The number of carbonyl (C=O) groups excluding carboxylic acids is 1. The van der Waals surface area contributed by atoms with Crippen molar-refractivity contribution < 1.29 is 23.1 Å². The molecular formula is C16H24N2O5S.